The zero-order chi connectivity index (χ0) is 13.9. The van der Waals surface area contributed by atoms with Crippen LogP contribution in [0.2, 0.25) is 5.02 Å². The van der Waals surface area contributed by atoms with Gasteiger partial charge in [-0.3, -0.25) is 4.79 Å². The molecule has 1 rings (SSSR count). The summed E-state index contributed by atoms with van der Waals surface area (Å²) in [6.07, 6.45) is 1.21. The van der Waals surface area contributed by atoms with Crippen LogP contribution >= 0.6 is 11.6 Å². The quantitative estimate of drug-likeness (QED) is 0.859. The number of alkyl halides is 2. The molecule has 1 aromatic rings. The highest BCUT2D eigenvalue weighted by molar-refractivity contribution is 6.32. The molecule has 0 unspecified atom stereocenters. The van der Waals surface area contributed by atoms with Crippen molar-refractivity contribution in [3.63, 3.8) is 0 Å². The lowest BCUT2D eigenvalue weighted by Crippen LogP contribution is -2.32. The molecule has 0 amide bonds. The first-order valence-electron chi connectivity index (χ1n) is 5.28. The van der Waals surface area contributed by atoms with Gasteiger partial charge in [0.15, 0.2) is 0 Å². The number of hydrogen-bond donors (Lipinski definition) is 2. The molecular formula is C10H14ClF2N3O2. The third kappa shape index (κ3) is 3.39. The molecule has 18 heavy (non-hydrogen) atoms. The molecule has 0 aliphatic heterocycles. The molecule has 0 aliphatic rings. The van der Waals surface area contributed by atoms with Gasteiger partial charge in [0.05, 0.1) is 24.5 Å². The summed E-state index contributed by atoms with van der Waals surface area (Å²) in [5.74, 6) is -3.28. The third-order valence-corrected chi connectivity index (χ3v) is 2.57. The number of aliphatic hydroxyl groups is 1. The molecule has 0 atom stereocenters. The Balaban J connectivity index is 2.93. The molecule has 0 saturated heterocycles. The van der Waals surface area contributed by atoms with Gasteiger partial charge in [-0.1, -0.05) is 11.6 Å². The highest BCUT2D eigenvalue weighted by atomic mass is 35.5. The molecule has 1 aromatic heterocycles. The van der Waals surface area contributed by atoms with E-state index in [1.54, 1.807) is 13.8 Å². The monoisotopic (exact) mass is 281 g/mol. The largest absolute Gasteiger partial charge is 0.390 e. The van der Waals surface area contributed by atoms with E-state index in [1.807, 2.05) is 0 Å². The molecule has 0 bridgehead atoms. The molecule has 0 aliphatic carbocycles. The second-order valence-electron chi connectivity index (χ2n) is 4.08. The van der Waals surface area contributed by atoms with Crippen LogP contribution in [0, 0.1) is 0 Å². The van der Waals surface area contributed by atoms with Crippen molar-refractivity contribution >= 4 is 17.3 Å². The number of aliphatic hydroxyl groups excluding tert-OH is 1. The Bertz CT molecular complexity index is 477. The van der Waals surface area contributed by atoms with Gasteiger partial charge in [-0.05, 0) is 13.8 Å². The SMILES string of the molecule is CC(C)n1ncc(NCC(F)(F)CO)c(Cl)c1=O. The number of hydrogen-bond acceptors (Lipinski definition) is 4. The standard InChI is InChI=1S/C10H14ClF2N3O2/c1-6(2)16-9(18)8(11)7(3-15-16)14-4-10(12,13)5-17/h3,6,14,17H,4-5H2,1-2H3. The summed E-state index contributed by atoms with van der Waals surface area (Å²) >= 11 is 5.77. The summed E-state index contributed by atoms with van der Waals surface area (Å²) < 4.78 is 26.8. The van der Waals surface area contributed by atoms with E-state index in [-0.39, 0.29) is 16.8 Å². The maximum atomic E-state index is 12.8. The van der Waals surface area contributed by atoms with Gasteiger partial charge in [-0.2, -0.15) is 5.10 Å². The molecule has 0 spiro atoms. The topological polar surface area (TPSA) is 67.2 Å². The van der Waals surface area contributed by atoms with Crippen LogP contribution in [0.3, 0.4) is 0 Å². The summed E-state index contributed by atoms with van der Waals surface area (Å²) in [6.45, 7) is 1.39. The fourth-order valence-corrected chi connectivity index (χ4v) is 1.42. The highest BCUT2D eigenvalue weighted by Crippen LogP contribution is 2.19. The average Bonchev–Trinajstić information content (AvgIpc) is 2.30. The molecule has 8 heteroatoms. The maximum absolute atomic E-state index is 12.8. The van der Waals surface area contributed by atoms with Crippen molar-refractivity contribution in [1.29, 1.82) is 0 Å². The summed E-state index contributed by atoms with van der Waals surface area (Å²) in [5, 5.41) is 14.3. The van der Waals surface area contributed by atoms with E-state index in [0.717, 1.165) is 4.68 Å². The first kappa shape index (κ1) is 14.8. The Hall–Kier alpha value is -1.21. The van der Waals surface area contributed by atoms with Crippen LogP contribution in [-0.4, -0.2) is 34.0 Å². The van der Waals surface area contributed by atoms with Crippen molar-refractivity contribution in [2.45, 2.75) is 25.8 Å². The van der Waals surface area contributed by atoms with Gasteiger partial charge >= 0.3 is 0 Å². The van der Waals surface area contributed by atoms with Gasteiger partial charge in [0.25, 0.3) is 11.5 Å². The van der Waals surface area contributed by atoms with Gasteiger partial charge in [-0.15, -0.1) is 0 Å². The van der Waals surface area contributed by atoms with Crippen LogP contribution in [0.4, 0.5) is 14.5 Å². The van der Waals surface area contributed by atoms with Crippen molar-refractivity contribution in [2.75, 3.05) is 18.5 Å². The van der Waals surface area contributed by atoms with E-state index in [9.17, 15) is 13.6 Å². The van der Waals surface area contributed by atoms with Crippen LogP contribution < -0.4 is 10.9 Å². The second kappa shape index (κ2) is 5.62. The lowest BCUT2D eigenvalue weighted by atomic mass is 10.3. The van der Waals surface area contributed by atoms with Gasteiger partial charge in [0.2, 0.25) is 0 Å². The summed E-state index contributed by atoms with van der Waals surface area (Å²) in [7, 11) is 0. The predicted octanol–water partition coefficient (Wildman–Crippen LogP) is 1.52. The average molecular weight is 282 g/mol. The first-order valence-corrected chi connectivity index (χ1v) is 5.66. The first-order chi connectivity index (χ1) is 8.28. The Morgan fingerprint density at radius 1 is 1.61 bits per heavy atom. The van der Waals surface area contributed by atoms with Crippen LogP contribution in [0.25, 0.3) is 0 Å². The zero-order valence-electron chi connectivity index (χ0n) is 9.95. The van der Waals surface area contributed by atoms with E-state index in [2.05, 4.69) is 10.4 Å². The van der Waals surface area contributed by atoms with Crippen molar-refractivity contribution in [2.24, 2.45) is 0 Å². The molecule has 1 heterocycles. The molecule has 102 valence electrons. The minimum absolute atomic E-state index is 0.0201. The van der Waals surface area contributed by atoms with Gasteiger partial charge in [0.1, 0.15) is 11.6 Å². The zero-order valence-corrected chi connectivity index (χ0v) is 10.7. The molecule has 0 fully saturated rings. The molecule has 2 N–H and O–H groups in total. The Labute approximate surface area is 107 Å². The normalized spacial score (nSPS) is 11.9. The van der Waals surface area contributed by atoms with E-state index in [4.69, 9.17) is 16.7 Å². The number of nitrogens with zero attached hydrogens (tertiary/aromatic N) is 2. The van der Waals surface area contributed by atoms with Crippen LogP contribution in [0.1, 0.15) is 19.9 Å². The maximum Gasteiger partial charge on any atom is 0.287 e. The Kier molecular flexibility index (Phi) is 4.64. The lowest BCUT2D eigenvalue weighted by Gasteiger charge is -2.16. The number of rotatable bonds is 5. The predicted molar refractivity (Wildman–Crippen MR) is 64.4 cm³/mol. The molecule has 0 radical (unpaired) electrons. The number of anilines is 1. The minimum Gasteiger partial charge on any atom is -0.390 e. The summed E-state index contributed by atoms with van der Waals surface area (Å²) in [4.78, 5) is 11.7. The highest BCUT2D eigenvalue weighted by Gasteiger charge is 2.27. The van der Waals surface area contributed by atoms with E-state index < -0.39 is 24.6 Å². The fourth-order valence-electron chi connectivity index (χ4n) is 1.22. The second-order valence-corrected chi connectivity index (χ2v) is 4.46. The van der Waals surface area contributed by atoms with Gasteiger partial charge in [-0.25, -0.2) is 13.5 Å². The van der Waals surface area contributed by atoms with Crippen molar-refractivity contribution in [3.8, 4) is 0 Å². The minimum atomic E-state index is -3.28. The van der Waals surface area contributed by atoms with E-state index in [1.165, 1.54) is 6.20 Å². The van der Waals surface area contributed by atoms with Crippen LogP contribution in [0.15, 0.2) is 11.0 Å². The molecule has 5 nitrogen and oxygen atoms in total. The van der Waals surface area contributed by atoms with Crippen molar-refractivity contribution < 1.29 is 13.9 Å². The Morgan fingerprint density at radius 2 is 2.22 bits per heavy atom. The Morgan fingerprint density at radius 3 is 2.72 bits per heavy atom. The molecular weight excluding hydrogens is 268 g/mol. The lowest BCUT2D eigenvalue weighted by molar-refractivity contribution is -0.0372. The summed E-state index contributed by atoms with van der Waals surface area (Å²) in [6, 6.07) is -0.178. The van der Waals surface area contributed by atoms with Crippen LogP contribution in [-0.2, 0) is 0 Å². The van der Waals surface area contributed by atoms with Gasteiger partial charge in [0, 0.05) is 0 Å². The molecule has 0 aromatic carbocycles. The smallest absolute Gasteiger partial charge is 0.287 e. The van der Waals surface area contributed by atoms with Crippen LogP contribution in [0.5, 0.6) is 0 Å². The number of nitrogens with one attached hydrogen (secondary N) is 1. The van der Waals surface area contributed by atoms with E-state index >= 15 is 0 Å². The number of halogens is 3. The summed E-state index contributed by atoms with van der Waals surface area (Å²) in [5.41, 5.74) is -0.532. The van der Waals surface area contributed by atoms with Crippen molar-refractivity contribution in [3.05, 3.63) is 21.6 Å². The van der Waals surface area contributed by atoms with Crippen molar-refractivity contribution in [1.82, 2.24) is 9.78 Å². The number of aromatic nitrogens is 2. The van der Waals surface area contributed by atoms with E-state index in [0.29, 0.717) is 0 Å². The third-order valence-electron chi connectivity index (χ3n) is 2.20. The fraction of sp³-hybridized carbons (Fsp3) is 0.600. The molecule has 0 saturated carbocycles. The van der Waals surface area contributed by atoms with Gasteiger partial charge < -0.3 is 10.4 Å².